The van der Waals surface area contributed by atoms with Gasteiger partial charge in [0.15, 0.2) is 0 Å². The Balaban J connectivity index is 2.52. The molecule has 1 aromatic rings. The molecule has 2 heteroatoms. The van der Waals surface area contributed by atoms with Crippen molar-refractivity contribution in [2.24, 2.45) is 0 Å². The number of rotatable bonds is 5. The van der Waals surface area contributed by atoms with Crippen molar-refractivity contribution in [3.8, 4) is 0 Å². The van der Waals surface area contributed by atoms with E-state index < -0.39 is 6.10 Å². The van der Waals surface area contributed by atoms with Crippen molar-refractivity contribution in [3.05, 3.63) is 35.9 Å². The van der Waals surface area contributed by atoms with Crippen LogP contribution in [-0.2, 0) is 0 Å². The monoisotopic (exact) mass is 193 g/mol. The molecule has 0 fully saturated rings. The van der Waals surface area contributed by atoms with Crippen LogP contribution in [0.3, 0.4) is 0 Å². The molecule has 2 nitrogen and oxygen atoms in total. The summed E-state index contributed by atoms with van der Waals surface area (Å²) in [4.78, 5) is 0. The molecule has 0 aromatic heterocycles. The van der Waals surface area contributed by atoms with Crippen molar-refractivity contribution in [2.75, 3.05) is 6.54 Å². The summed E-state index contributed by atoms with van der Waals surface area (Å²) in [6, 6.07) is 9.87. The lowest BCUT2D eigenvalue weighted by Crippen LogP contribution is -2.32. The molecule has 0 radical (unpaired) electrons. The zero-order valence-electron chi connectivity index (χ0n) is 8.90. The van der Waals surface area contributed by atoms with Crippen LogP contribution in [0.1, 0.15) is 31.9 Å². The first-order valence-corrected chi connectivity index (χ1v) is 5.22. The maximum atomic E-state index is 9.95. The van der Waals surface area contributed by atoms with E-state index in [1.165, 1.54) is 0 Å². The van der Waals surface area contributed by atoms with Crippen molar-refractivity contribution < 1.29 is 5.11 Å². The largest absolute Gasteiger partial charge is 0.387 e. The first-order valence-electron chi connectivity index (χ1n) is 5.22. The van der Waals surface area contributed by atoms with E-state index in [0.717, 1.165) is 18.5 Å². The minimum Gasteiger partial charge on any atom is -0.387 e. The average Bonchev–Trinajstić information content (AvgIpc) is 2.26. The number of aliphatic hydroxyl groups is 1. The third-order valence-electron chi connectivity index (χ3n) is 2.33. The molecular formula is C12H19NO. The highest BCUT2D eigenvalue weighted by molar-refractivity contribution is 5.18. The maximum Gasteiger partial charge on any atom is 0.0940 e. The van der Waals surface area contributed by atoms with Crippen LogP contribution in [0.25, 0.3) is 0 Å². The van der Waals surface area contributed by atoms with Crippen LogP contribution < -0.4 is 5.32 Å². The summed E-state index contributed by atoms with van der Waals surface area (Å²) in [5, 5.41) is 13.2. The van der Waals surface area contributed by atoms with Gasteiger partial charge in [0.25, 0.3) is 0 Å². The predicted octanol–water partition coefficient (Wildman–Crippen LogP) is 2.11. The molecule has 14 heavy (non-hydrogen) atoms. The second-order valence-electron chi connectivity index (χ2n) is 3.60. The molecule has 0 amide bonds. The van der Waals surface area contributed by atoms with Crippen LogP contribution in [0.5, 0.6) is 0 Å². The highest BCUT2D eigenvalue weighted by Gasteiger charge is 2.14. The van der Waals surface area contributed by atoms with E-state index >= 15 is 0 Å². The molecular weight excluding hydrogens is 174 g/mol. The van der Waals surface area contributed by atoms with E-state index in [0.29, 0.717) is 0 Å². The minimum atomic E-state index is -0.414. The number of nitrogens with one attached hydrogen (secondary N) is 1. The van der Waals surface area contributed by atoms with Crippen LogP contribution in [0.2, 0.25) is 0 Å². The Kier molecular flexibility index (Phi) is 4.63. The topological polar surface area (TPSA) is 32.3 Å². The predicted molar refractivity (Wildman–Crippen MR) is 59.2 cm³/mol. The summed E-state index contributed by atoms with van der Waals surface area (Å²) >= 11 is 0. The summed E-state index contributed by atoms with van der Waals surface area (Å²) in [5.74, 6) is 0. The molecule has 0 bridgehead atoms. The lowest BCUT2D eigenvalue weighted by atomic mass is 10.0. The van der Waals surface area contributed by atoms with E-state index in [-0.39, 0.29) is 6.04 Å². The molecule has 2 unspecified atom stereocenters. The first-order chi connectivity index (χ1) is 6.75. The van der Waals surface area contributed by atoms with Crippen LogP contribution >= 0.6 is 0 Å². The second kappa shape index (κ2) is 5.78. The Morgan fingerprint density at radius 1 is 1.29 bits per heavy atom. The van der Waals surface area contributed by atoms with Gasteiger partial charge in [0.1, 0.15) is 0 Å². The Morgan fingerprint density at radius 2 is 1.93 bits per heavy atom. The summed E-state index contributed by atoms with van der Waals surface area (Å²) < 4.78 is 0. The average molecular weight is 193 g/mol. The van der Waals surface area contributed by atoms with Gasteiger partial charge in [0, 0.05) is 6.04 Å². The van der Waals surface area contributed by atoms with E-state index in [1.807, 2.05) is 37.3 Å². The normalized spacial score (nSPS) is 15.1. The van der Waals surface area contributed by atoms with Crippen molar-refractivity contribution in [1.82, 2.24) is 5.32 Å². The Morgan fingerprint density at radius 3 is 2.50 bits per heavy atom. The molecule has 2 N–H and O–H groups in total. The fraction of sp³-hybridized carbons (Fsp3) is 0.500. The molecule has 2 atom stereocenters. The molecule has 0 aliphatic carbocycles. The standard InChI is InChI=1S/C12H19NO/c1-3-9-13-10(2)12(14)11-7-5-4-6-8-11/h4-8,10,12-14H,3,9H2,1-2H3. The minimum absolute atomic E-state index is 0.109. The quantitative estimate of drug-likeness (QED) is 0.750. The first kappa shape index (κ1) is 11.2. The highest BCUT2D eigenvalue weighted by atomic mass is 16.3. The molecule has 0 aliphatic rings. The molecule has 0 heterocycles. The molecule has 78 valence electrons. The van der Waals surface area contributed by atoms with E-state index in [2.05, 4.69) is 12.2 Å². The van der Waals surface area contributed by atoms with Gasteiger partial charge in [-0.15, -0.1) is 0 Å². The number of benzene rings is 1. The lowest BCUT2D eigenvalue weighted by Gasteiger charge is -2.20. The van der Waals surface area contributed by atoms with Gasteiger partial charge in [0.05, 0.1) is 6.10 Å². The molecule has 0 saturated heterocycles. The van der Waals surface area contributed by atoms with Gasteiger partial charge >= 0.3 is 0 Å². The van der Waals surface area contributed by atoms with E-state index in [4.69, 9.17) is 0 Å². The number of hydrogen-bond acceptors (Lipinski definition) is 2. The molecule has 0 aliphatic heterocycles. The number of aliphatic hydroxyl groups excluding tert-OH is 1. The summed E-state index contributed by atoms with van der Waals surface area (Å²) in [6.45, 7) is 5.08. The molecule has 1 rings (SSSR count). The fourth-order valence-corrected chi connectivity index (χ4v) is 1.42. The van der Waals surface area contributed by atoms with Gasteiger partial charge in [0.2, 0.25) is 0 Å². The summed E-state index contributed by atoms with van der Waals surface area (Å²) in [5.41, 5.74) is 0.976. The maximum absolute atomic E-state index is 9.95. The Bertz CT molecular complexity index is 248. The van der Waals surface area contributed by atoms with Gasteiger partial charge in [-0.1, -0.05) is 37.3 Å². The Labute approximate surface area is 86.0 Å². The second-order valence-corrected chi connectivity index (χ2v) is 3.60. The Hall–Kier alpha value is -0.860. The van der Waals surface area contributed by atoms with Crippen molar-refractivity contribution in [2.45, 2.75) is 32.4 Å². The third kappa shape index (κ3) is 3.13. The van der Waals surface area contributed by atoms with E-state index in [9.17, 15) is 5.11 Å². The molecule has 1 aromatic carbocycles. The smallest absolute Gasteiger partial charge is 0.0940 e. The summed E-state index contributed by atoms with van der Waals surface area (Å²) in [6.07, 6.45) is 0.675. The van der Waals surface area contributed by atoms with Gasteiger partial charge < -0.3 is 10.4 Å². The van der Waals surface area contributed by atoms with Crippen LogP contribution in [0.15, 0.2) is 30.3 Å². The van der Waals surface area contributed by atoms with Gasteiger partial charge in [-0.3, -0.25) is 0 Å². The van der Waals surface area contributed by atoms with Crippen LogP contribution in [0.4, 0.5) is 0 Å². The highest BCUT2D eigenvalue weighted by Crippen LogP contribution is 2.15. The van der Waals surface area contributed by atoms with Crippen LogP contribution in [0, 0.1) is 0 Å². The third-order valence-corrected chi connectivity index (χ3v) is 2.33. The van der Waals surface area contributed by atoms with Crippen molar-refractivity contribution >= 4 is 0 Å². The number of hydrogen-bond donors (Lipinski definition) is 2. The van der Waals surface area contributed by atoms with Crippen molar-refractivity contribution in [1.29, 1.82) is 0 Å². The van der Waals surface area contributed by atoms with Gasteiger partial charge in [-0.25, -0.2) is 0 Å². The molecule has 0 saturated carbocycles. The van der Waals surface area contributed by atoms with Crippen molar-refractivity contribution in [3.63, 3.8) is 0 Å². The van der Waals surface area contributed by atoms with Gasteiger partial charge in [-0.2, -0.15) is 0 Å². The van der Waals surface area contributed by atoms with E-state index in [1.54, 1.807) is 0 Å². The zero-order chi connectivity index (χ0) is 10.4. The molecule has 0 spiro atoms. The lowest BCUT2D eigenvalue weighted by molar-refractivity contribution is 0.136. The zero-order valence-corrected chi connectivity index (χ0v) is 8.90. The SMILES string of the molecule is CCCNC(C)C(O)c1ccccc1. The van der Waals surface area contributed by atoms with Gasteiger partial charge in [-0.05, 0) is 25.5 Å². The fourth-order valence-electron chi connectivity index (χ4n) is 1.42. The summed E-state index contributed by atoms with van der Waals surface area (Å²) in [7, 11) is 0. The van der Waals surface area contributed by atoms with Crippen LogP contribution in [-0.4, -0.2) is 17.7 Å².